The summed E-state index contributed by atoms with van der Waals surface area (Å²) in [6.07, 6.45) is 19.3. The van der Waals surface area contributed by atoms with Crippen molar-refractivity contribution in [1.29, 1.82) is 0 Å². The zero-order valence-electron chi connectivity index (χ0n) is 23.1. The fourth-order valence-corrected chi connectivity index (χ4v) is 4.87. The molecule has 5 heteroatoms. The molecule has 35 heavy (non-hydrogen) atoms. The van der Waals surface area contributed by atoms with Crippen LogP contribution in [-0.2, 0) is 24.2 Å². The van der Waals surface area contributed by atoms with Crippen LogP contribution in [0.1, 0.15) is 151 Å². The Kier molecular flexibility index (Phi) is 17.4. The summed E-state index contributed by atoms with van der Waals surface area (Å²) in [6, 6.07) is 0. The van der Waals surface area contributed by atoms with Crippen LogP contribution < -0.4 is 4.89 Å². The highest BCUT2D eigenvalue weighted by Crippen LogP contribution is 2.42. The molecular formula is C30H52O5. The van der Waals surface area contributed by atoms with E-state index in [-0.39, 0.29) is 17.1 Å². The van der Waals surface area contributed by atoms with Crippen molar-refractivity contribution >= 4 is 5.97 Å². The third kappa shape index (κ3) is 11.2. The molecule has 1 aromatic carbocycles. The molecule has 0 amide bonds. The molecule has 0 atom stereocenters. The molecule has 0 spiro atoms. The van der Waals surface area contributed by atoms with Crippen molar-refractivity contribution in [3.05, 3.63) is 22.3 Å². The van der Waals surface area contributed by atoms with Crippen LogP contribution in [0.15, 0.2) is 0 Å². The molecule has 5 nitrogen and oxygen atoms in total. The van der Waals surface area contributed by atoms with E-state index in [1.165, 1.54) is 51.4 Å². The molecule has 0 aliphatic heterocycles. The van der Waals surface area contributed by atoms with Gasteiger partial charge in [0.15, 0.2) is 5.75 Å². The largest absolute Gasteiger partial charge is 0.504 e. The second kappa shape index (κ2) is 19.4. The minimum atomic E-state index is -1.09. The average molecular weight is 493 g/mol. The smallest absolute Gasteiger partial charge is 0.339 e. The lowest BCUT2D eigenvalue weighted by Crippen LogP contribution is -2.13. The molecule has 0 heterocycles. The molecule has 1 rings (SSSR count). The maximum atomic E-state index is 12.4. The van der Waals surface area contributed by atoms with Gasteiger partial charge >= 0.3 is 5.97 Å². The van der Waals surface area contributed by atoms with Gasteiger partial charge in [0.1, 0.15) is 5.56 Å². The first-order chi connectivity index (χ1) is 17.0. The van der Waals surface area contributed by atoms with E-state index >= 15 is 0 Å². The average Bonchev–Trinajstić information content (AvgIpc) is 2.84. The number of carboxylic acid groups (broad SMARTS) is 1. The summed E-state index contributed by atoms with van der Waals surface area (Å²) < 4.78 is 0. The normalized spacial score (nSPS) is 11.2. The number of carboxylic acids is 1. The highest BCUT2D eigenvalue weighted by molar-refractivity contribution is 5.94. The van der Waals surface area contributed by atoms with E-state index in [1.807, 2.05) is 6.92 Å². The molecule has 1 aromatic rings. The number of hydrogen-bond donors (Lipinski definition) is 2. The van der Waals surface area contributed by atoms with Crippen LogP contribution >= 0.6 is 0 Å². The standard InChI is InChI=1S/C30H52O5/c1-5-9-12-15-18-21-24-25(22-19-16-13-10-6-2)27(30(32)33)28(31)29(35-34-8-4)26(24)23-20-17-14-11-7-3/h31H,5-23H2,1-4H3,(H,32,33). The van der Waals surface area contributed by atoms with Gasteiger partial charge in [-0.1, -0.05) is 97.8 Å². The molecule has 0 fully saturated rings. The van der Waals surface area contributed by atoms with Gasteiger partial charge in [0.25, 0.3) is 0 Å². The third-order valence-electron chi connectivity index (χ3n) is 6.82. The van der Waals surface area contributed by atoms with Crippen LogP contribution in [0.2, 0.25) is 0 Å². The number of hydrogen-bond acceptors (Lipinski definition) is 4. The van der Waals surface area contributed by atoms with Crippen LogP contribution in [-0.4, -0.2) is 22.8 Å². The minimum absolute atomic E-state index is 0.00786. The first-order valence-corrected chi connectivity index (χ1v) is 14.4. The molecule has 0 saturated carbocycles. The highest BCUT2D eigenvalue weighted by atomic mass is 17.2. The van der Waals surface area contributed by atoms with Gasteiger partial charge in [0, 0.05) is 5.56 Å². The first-order valence-electron chi connectivity index (χ1n) is 14.4. The van der Waals surface area contributed by atoms with Gasteiger partial charge in [-0.15, -0.1) is 0 Å². The Balaban J connectivity index is 3.40. The van der Waals surface area contributed by atoms with Crippen LogP contribution in [0.5, 0.6) is 11.5 Å². The lowest BCUT2D eigenvalue weighted by Gasteiger charge is -2.22. The molecule has 0 aromatic heterocycles. The quantitative estimate of drug-likeness (QED) is 0.0959. The molecular weight excluding hydrogens is 440 g/mol. The SMILES string of the molecule is CCCCCCCc1c(CCCCCCC)c(OOCC)c(O)c(C(=O)O)c1CCCCCCC. The van der Waals surface area contributed by atoms with E-state index in [2.05, 4.69) is 20.8 Å². The fourth-order valence-electron chi connectivity index (χ4n) is 4.87. The molecule has 0 aliphatic rings. The highest BCUT2D eigenvalue weighted by Gasteiger charge is 2.28. The summed E-state index contributed by atoms with van der Waals surface area (Å²) in [6.45, 7) is 8.76. The van der Waals surface area contributed by atoms with Gasteiger partial charge in [-0.2, -0.15) is 4.89 Å². The summed E-state index contributed by atoms with van der Waals surface area (Å²) in [5.74, 6) is -1.14. The number of phenols is 1. The number of aromatic hydroxyl groups is 1. The molecule has 202 valence electrons. The summed E-state index contributed by atoms with van der Waals surface area (Å²) in [7, 11) is 0. The predicted molar refractivity (Wildman–Crippen MR) is 145 cm³/mol. The number of unbranched alkanes of at least 4 members (excludes halogenated alkanes) is 12. The van der Waals surface area contributed by atoms with Crippen LogP contribution in [0.4, 0.5) is 0 Å². The predicted octanol–water partition coefficient (Wildman–Crippen LogP) is 8.96. The molecule has 0 unspecified atom stereocenters. The van der Waals surface area contributed by atoms with Crippen molar-refractivity contribution in [2.75, 3.05) is 6.61 Å². The Morgan fingerprint density at radius 3 is 1.49 bits per heavy atom. The van der Waals surface area contributed by atoms with Gasteiger partial charge in [0.2, 0.25) is 5.75 Å². The lowest BCUT2D eigenvalue weighted by molar-refractivity contribution is -0.203. The Labute approximate surface area is 214 Å². The number of benzene rings is 1. The second-order valence-corrected chi connectivity index (χ2v) is 9.78. The van der Waals surface area contributed by atoms with E-state index in [0.717, 1.165) is 74.5 Å². The van der Waals surface area contributed by atoms with Crippen molar-refractivity contribution in [2.24, 2.45) is 0 Å². The monoisotopic (exact) mass is 492 g/mol. The van der Waals surface area contributed by atoms with Crippen LogP contribution in [0, 0.1) is 0 Å². The minimum Gasteiger partial charge on any atom is -0.504 e. The number of rotatable bonds is 22. The summed E-state index contributed by atoms with van der Waals surface area (Å²) >= 11 is 0. The fraction of sp³-hybridized carbons (Fsp3) is 0.767. The van der Waals surface area contributed by atoms with Crippen LogP contribution in [0.25, 0.3) is 0 Å². The Hall–Kier alpha value is -1.75. The zero-order valence-corrected chi connectivity index (χ0v) is 23.1. The summed E-state index contributed by atoms with van der Waals surface area (Å²) in [4.78, 5) is 23.2. The van der Waals surface area contributed by atoms with Crippen molar-refractivity contribution < 1.29 is 24.8 Å². The van der Waals surface area contributed by atoms with Gasteiger partial charge in [-0.05, 0) is 56.6 Å². The van der Waals surface area contributed by atoms with Gasteiger partial charge in [0.05, 0.1) is 6.61 Å². The van der Waals surface area contributed by atoms with E-state index < -0.39 is 5.97 Å². The van der Waals surface area contributed by atoms with Crippen molar-refractivity contribution in [2.45, 2.75) is 143 Å². The van der Waals surface area contributed by atoms with Gasteiger partial charge < -0.3 is 15.1 Å². The Morgan fingerprint density at radius 2 is 1.06 bits per heavy atom. The maximum Gasteiger partial charge on any atom is 0.339 e. The van der Waals surface area contributed by atoms with Crippen molar-refractivity contribution in [1.82, 2.24) is 0 Å². The molecule has 2 N–H and O–H groups in total. The number of aromatic carboxylic acids is 1. The molecule has 0 bridgehead atoms. The van der Waals surface area contributed by atoms with Crippen molar-refractivity contribution in [3.63, 3.8) is 0 Å². The third-order valence-corrected chi connectivity index (χ3v) is 6.82. The number of carbonyl (C=O) groups is 1. The lowest BCUT2D eigenvalue weighted by atomic mass is 9.85. The maximum absolute atomic E-state index is 12.4. The van der Waals surface area contributed by atoms with E-state index in [9.17, 15) is 15.0 Å². The molecule has 0 aliphatic carbocycles. The van der Waals surface area contributed by atoms with Gasteiger partial charge in [-0.3, -0.25) is 0 Å². The molecule has 0 saturated heterocycles. The topological polar surface area (TPSA) is 76.0 Å². The zero-order chi connectivity index (χ0) is 25.9. The van der Waals surface area contributed by atoms with Crippen molar-refractivity contribution in [3.8, 4) is 11.5 Å². The molecule has 0 radical (unpaired) electrons. The summed E-state index contributed by atoms with van der Waals surface area (Å²) in [5.41, 5.74) is 2.86. The Bertz CT molecular complexity index is 713. The first kappa shape index (κ1) is 31.3. The van der Waals surface area contributed by atoms with E-state index in [1.54, 1.807) is 0 Å². The second-order valence-electron chi connectivity index (χ2n) is 9.78. The summed E-state index contributed by atoms with van der Waals surface area (Å²) in [5, 5.41) is 21.2. The van der Waals surface area contributed by atoms with E-state index in [4.69, 9.17) is 9.78 Å². The van der Waals surface area contributed by atoms with E-state index in [0.29, 0.717) is 13.0 Å². The van der Waals surface area contributed by atoms with Gasteiger partial charge in [-0.25, -0.2) is 4.79 Å². The Morgan fingerprint density at radius 1 is 0.629 bits per heavy atom. The van der Waals surface area contributed by atoms with Crippen LogP contribution in [0.3, 0.4) is 0 Å².